The van der Waals surface area contributed by atoms with Gasteiger partial charge in [-0.05, 0) is 18.2 Å². The number of aliphatic hydroxyl groups is 1. The average molecular weight is 503 g/mol. The molecule has 0 saturated heterocycles. The number of halogens is 1. The molecule has 0 spiro atoms. The van der Waals surface area contributed by atoms with Crippen LogP contribution in [0.25, 0.3) is 21.9 Å². The molecule has 0 aliphatic carbocycles. The number of ether oxygens (including phenoxy) is 2. The smallest absolute Gasteiger partial charge is 0.371 e. The van der Waals surface area contributed by atoms with Crippen LogP contribution in [-0.2, 0) is 0 Å². The minimum atomic E-state index is -1.42. The molecule has 0 amide bonds. The molecule has 12 heteroatoms. The van der Waals surface area contributed by atoms with Gasteiger partial charge < -0.3 is 33.6 Å². The molecule has 4 rings (SSSR count). The van der Waals surface area contributed by atoms with E-state index >= 15 is 0 Å². The van der Waals surface area contributed by atoms with Crippen LogP contribution in [0.3, 0.4) is 0 Å². The summed E-state index contributed by atoms with van der Waals surface area (Å²) < 4.78 is 21.4. The second kappa shape index (κ2) is 9.49. The van der Waals surface area contributed by atoms with E-state index in [0.717, 1.165) is 12.1 Å². The van der Waals surface area contributed by atoms with E-state index in [9.17, 15) is 24.3 Å². The SMILES string of the molecule is O=C(O)c1cc(=O)c2cc(Cl)c(OCC(O)COc3cccc4oc(C(=O)O)cc(=O)c34)cc2o1. The second-order valence-electron chi connectivity index (χ2n) is 7.24. The monoisotopic (exact) mass is 502 g/mol. The maximum atomic E-state index is 12.3. The predicted octanol–water partition coefficient (Wildman–Crippen LogP) is 2.77. The fourth-order valence-corrected chi connectivity index (χ4v) is 3.41. The summed E-state index contributed by atoms with van der Waals surface area (Å²) in [5, 5.41) is 28.4. The molecular formula is C23H15ClO11. The van der Waals surface area contributed by atoms with Crippen molar-refractivity contribution < 1.29 is 43.2 Å². The highest BCUT2D eigenvalue weighted by Gasteiger charge is 2.17. The third kappa shape index (κ3) is 4.95. The standard InChI is InChI=1S/C23H15ClO11/c24-12-4-11-13(26)5-19(22(28)29)35-17(11)7-18(12)33-9-10(25)8-32-15-2-1-3-16-21(15)14(27)6-20(34-16)23(30)31/h1-7,10,25H,8-9H2,(H,28,29)(H,30,31). The first-order chi connectivity index (χ1) is 16.6. The number of benzene rings is 2. The van der Waals surface area contributed by atoms with E-state index in [2.05, 4.69) is 0 Å². The van der Waals surface area contributed by atoms with Crippen molar-refractivity contribution in [3.05, 3.63) is 79.5 Å². The summed E-state index contributed by atoms with van der Waals surface area (Å²) in [4.78, 5) is 46.6. The maximum Gasteiger partial charge on any atom is 0.371 e. The molecule has 35 heavy (non-hydrogen) atoms. The van der Waals surface area contributed by atoms with Crippen molar-refractivity contribution in [3.8, 4) is 11.5 Å². The van der Waals surface area contributed by atoms with Gasteiger partial charge in [0.25, 0.3) is 0 Å². The molecule has 0 fully saturated rings. The summed E-state index contributed by atoms with van der Waals surface area (Å²) in [6.07, 6.45) is -1.21. The lowest BCUT2D eigenvalue weighted by molar-refractivity contribution is 0.0631. The first-order valence-electron chi connectivity index (χ1n) is 9.88. The van der Waals surface area contributed by atoms with Crippen molar-refractivity contribution in [2.45, 2.75) is 6.10 Å². The van der Waals surface area contributed by atoms with Crippen molar-refractivity contribution in [3.63, 3.8) is 0 Å². The molecule has 180 valence electrons. The van der Waals surface area contributed by atoms with Gasteiger partial charge in [-0.2, -0.15) is 0 Å². The van der Waals surface area contributed by atoms with Crippen LogP contribution in [0.15, 0.2) is 60.9 Å². The lowest BCUT2D eigenvalue weighted by Crippen LogP contribution is -2.25. The van der Waals surface area contributed by atoms with Crippen LogP contribution in [0.1, 0.15) is 21.1 Å². The summed E-state index contributed by atoms with van der Waals surface area (Å²) in [6, 6.07) is 8.50. The van der Waals surface area contributed by atoms with Crippen LogP contribution >= 0.6 is 11.6 Å². The Morgan fingerprint density at radius 2 is 1.46 bits per heavy atom. The van der Waals surface area contributed by atoms with Crippen LogP contribution in [0.2, 0.25) is 5.02 Å². The van der Waals surface area contributed by atoms with Crippen molar-refractivity contribution in [1.82, 2.24) is 0 Å². The minimum Gasteiger partial charge on any atom is -0.490 e. The minimum absolute atomic E-state index is 0.00306. The Morgan fingerprint density at radius 1 is 0.857 bits per heavy atom. The molecule has 4 aromatic rings. The second-order valence-corrected chi connectivity index (χ2v) is 7.65. The van der Waals surface area contributed by atoms with Gasteiger partial charge in [-0.1, -0.05) is 17.7 Å². The zero-order chi connectivity index (χ0) is 25.3. The molecule has 0 saturated carbocycles. The molecule has 0 radical (unpaired) electrons. The zero-order valence-corrected chi connectivity index (χ0v) is 18.3. The van der Waals surface area contributed by atoms with Crippen molar-refractivity contribution in [2.75, 3.05) is 13.2 Å². The molecule has 11 nitrogen and oxygen atoms in total. The summed E-state index contributed by atoms with van der Waals surface area (Å²) in [6.45, 7) is -0.640. The van der Waals surface area contributed by atoms with E-state index in [0.29, 0.717) is 0 Å². The fraction of sp³-hybridized carbons (Fsp3) is 0.130. The number of rotatable bonds is 8. The summed E-state index contributed by atoms with van der Waals surface area (Å²) in [7, 11) is 0. The number of aliphatic hydroxyl groups excluding tert-OH is 1. The fourth-order valence-electron chi connectivity index (χ4n) is 3.20. The topological polar surface area (TPSA) is 174 Å². The van der Waals surface area contributed by atoms with E-state index in [4.69, 9.17) is 40.1 Å². The third-order valence-electron chi connectivity index (χ3n) is 4.78. The molecular weight excluding hydrogens is 488 g/mol. The number of carboxylic acids is 2. The van der Waals surface area contributed by atoms with Gasteiger partial charge in [0.05, 0.1) is 10.4 Å². The number of aromatic carboxylic acids is 2. The van der Waals surface area contributed by atoms with Gasteiger partial charge in [-0.15, -0.1) is 0 Å². The summed E-state index contributed by atoms with van der Waals surface area (Å²) in [5.41, 5.74) is -1.29. The molecule has 1 unspecified atom stereocenters. The van der Waals surface area contributed by atoms with E-state index < -0.39 is 40.4 Å². The lowest BCUT2D eigenvalue weighted by atomic mass is 10.2. The van der Waals surface area contributed by atoms with Crippen molar-refractivity contribution >= 4 is 45.5 Å². The number of carboxylic acid groups (broad SMARTS) is 2. The van der Waals surface area contributed by atoms with Gasteiger partial charge in [-0.25, -0.2) is 9.59 Å². The molecule has 2 heterocycles. The molecule has 2 aromatic carbocycles. The van der Waals surface area contributed by atoms with Crippen LogP contribution < -0.4 is 20.3 Å². The van der Waals surface area contributed by atoms with E-state index in [-0.39, 0.29) is 51.7 Å². The van der Waals surface area contributed by atoms with Gasteiger partial charge in [0.15, 0.2) is 10.9 Å². The Bertz CT molecular complexity index is 1580. The number of carbonyl (C=O) groups is 2. The molecule has 0 aliphatic heterocycles. The Kier molecular flexibility index (Phi) is 6.45. The highest BCUT2D eigenvalue weighted by atomic mass is 35.5. The van der Waals surface area contributed by atoms with E-state index in [1.165, 1.54) is 30.3 Å². The van der Waals surface area contributed by atoms with Gasteiger partial charge in [0.2, 0.25) is 11.5 Å². The van der Waals surface area contributed by atoms with Crippen LogP contribution in [0, 0.1) is 0 Å². The van der Waals surface area contributed by atoms with Gasteiger partial charge >= 0.3 is 11.9 Å². The normalized spacial score (nSPS) is 11.9. The molecule has 2 aromatic heterocycles. The van der Waals surface area contributed by atoms with Crippen LogP contribution in [0.5, 0.6) is 11.5 Å². The predicted molar refractivity (Wildman–Crippen MR) is 121 cm³/mol. The molecule has 1 atom stereocenters. The highest BCUT2D eigenvalue weighted by Crippen LogP contribution is 2.30. The largest absolute Gasteiger partial charge is 0.490 e. The highest BCUT2D eigenvalue weighted by molar-refractivity contribution is 6.32. The first-order valence-corrected chi connectivity index (χ1v) is 10.3. The average Bonchev–Trinajstić information content (AvgIpc) is 2.81. The van der Waals surface area contributed by atoms with Gasteiger partial charge in [0, 0.05) is 18.2 Å². The Labute approximate surface area is 199 Å². The molecule has 0 aliphatic rings. The van der Waals surface area contributed by atoms with Crippen LogP contribution in [0.4, 0.5) is 0 Å². The van der Waals surface area contributed by atoms with E-state index in [1.807, 2.05) is 0 Å². The van der Waals surface area contributed by atoms with Crippen LogP contribution in [-0.4, -0.2) is 46.6 Å². The summed E-state index contributed by atoms with van der Waals surface area (Å²) >= 11 is 6.13. The zero-order valence-electron chi connectivity index (χ0n) is 17.5. The van der Waals surface area contributed by atoms with Crippen molar-refractivity contribution in [1.29, 1.82) is 0 Å². The maximum absolute atomic E-state index is 12.3. The van der Waals surface area contributed by atoms with E-state index in [1.54, 1.807) is 0 Å². The van der Waals surface area contributed by atoms with Gasteiger partial charge in [0.1, 0.15) is 47.4 Å². The number of fused-ring (bicyclic) bond motifs is 2. The Balaban J connectivity index is 1.49. The number of hydrogen-bond donors (Lipinski definition) is 3. The lowest BCUT2D eigenvalue weighted by Gasteiger charge is -2.15. The molecule has 3 N–H and O–H groups in total. The van der Waals surface area contributed by atoms with Crippen molar-refractivity contribution in [2.24, 2.45) is 0 Å². The quantitative estimate of drug-likeness (QED) is 0.323. The number of hydrogen-bond acceptors (Lipinski definition) is 9. The Morgan fingerprint density at radius 3 is 2.11 bits per heavy atom. The van der Waals surface area contributed by atoms with Gasteiger partial charge in [-0.3, -0.25) is 9.59 Å². The first kappa shape index (κ1) is 23.8. The molecule has 0 bridgehead atoms. The third-order valence-corrected chi connectivity index (χ3v) is 5.08. The Hall–Kier alpha value is -4.35. The summed E-state index contributed by atoms with van der Waals surface area (Å²) in [5.74, 6) is -3.80.